The number of rotatable bonds is 11. The molecule has 37 heavy (non-hydrogen) atoms. The largest absolute Gasteiger partial charge is 0.377 e. The number of sulfone groups is 1. The van der Waals surface area contributed by atoms with Gasteiger partial charge >= 0.3 is 0 Å². The van der Waals surface area contributed by atoms with E-state index < -0.39 is 19.9 Å². The van der Waals surface area contributed by atoms with Crippen LogP contribution in [0.4, 0.5) is 0 Å². The molecule has 2 aromatic carbocycles. The van der Waals surface area contributed by atoms with Gasteiger partial charge in [0.1, 0.15) is 0 Å². The average molecular weight is 566 g/mol. The van der Waals surface area contributed by atoms with Gasteiger partial charge in [0, 0.05) is 24.7 Å². The van der Waals surface area contributed by atoms with E-state index in [4.69, 9.17) is 16.3 Å². The molecule has 1 atom stereocenters. The molecule has 1 aromatic heterocycles. The second-order valence-corrected chi connectivity index (χ2v) is 13.9. The van der Waals surface area contributed by atoms with Crippen LogP contribution in [0.1, 0.15) is 37.9 Å². The molecule has 4 rings (SSSR count). The van der Waals surface area contributed by atoms with Gasteiger partial charge < -0.3 is 9.30 Å². The number of nitrogens with zero attached hydrogens (tertiary/aromatic N) is 3. The number of hydrogen-bond donors (Lipinski definition) is 0. The average Bonchev–Trinajstić information content (AvgIpc) is 3.49. The lowest BCUT2D eigenvalue weighted by atomic mass is 10.2. The Balaban J connectivity index is 1.70. The van der Waals surface area contributed by atoms with Crippen LogP contribution in [-0.2, 0) is 43.4 Å². The van der Waals surface area contributed by atoms with Crippen LogP contribution in [0.25, 0.3) is 0 Å². The highest BCUT2D eigenvalue weighted by atomic mass is 35.5. The minimum Gasteiger partial charge on any atom is -0.377 e. The molecule has 200 valence electrons. The molecule has 0 bridgehead atoms. The minimum absolute atomic E-state index is 0.0243. The third-order valence-electron chi connectivity index (χ3n) is 6.12. The van der Waals surface area contributed by atoms with Crippen LogP contribution in [0.15, 0.2) is 70.8 Å². The van der Waals surface area contributed by atoms with Gasteiger partial charge in [-0.3, -0.25) is 0 Å². The van der Waals surface area contributed by atoms with E-state index in [1.807, 2.05) is 13.8 Å². The summed E-state index contributed by atoms with van der Waals surface area (Å²) in [5.41, 5.74) is 1.07. The van der Waals surface area contributed by atoms with Gasteiger partial charge in [-0.05, 0) is 48.6 Å². The summed E-state index contributed by atoms with van der Waals surface area (Å²) in [5.74, 6) is -0.158. The molecule has 11 heteroatoms. The molecule has 3 aromatic rings. The molecule has 2 heterocycles. The van der Waals surface area contributed by atoms with E-state index >= 15 is 0 Å². The standard InChI is InChI=1S/C26H32ClN3O5S2/c1-20(2)16-30-23(15-28-26(30)36(31,32)19-21-8-6-9-22(27)14-21)17-29(18-24-10-7-13-35-24)37(33,34)25-11-4-3-5-12-25/h3-6,8-9,11-12,14-15,20,24H,7,10,13,16-19H2,1-2H3/t24-/m0/s1. The summed E-state index contributed by atoms with van der Waals surface area (Å²) in [5, 5.41) is 0.375. The normalized spacial score (nSPS) is 16.6. The van der Waals surface area contributed by atoms with Crippen LogP contribution >= 0.6 is 11.6 Å². The molecular formula is C26H32ClN3O5S2. The summed E-state index contributed by atoms with van der Waals surface area (Å²) < 4.78 is 62.9. The summed E-state index contributed by atoms with van der Waals surface area (Å²) in [6.45, 7) is 5.07. The third kappa shape index (κ3) is 6.80. The van der Waals surface area contributed by atoms with Crippen molar-refractivity contribution < 1.29 is 21.6 Å². The second kappa shape index (κ2) is 11.7. The first-order valence-electron chi connectivity index (χ1n) is 12.2. The zero-order valence-electron chi connectivity index (χ0n) is 21.0. The van der Waals surface area contributed by atoms with Crippen LogP contribution in [0, 0.1) is 5.92 Å². The van der Waals surface area contributed by atoms with Crippen LogP contribution in [0.2, 0.25) is 5.02 Å². The number of imidazole rings is 1. The van der Waals surface area contributed by atoms with E-state index in [1.165, 1.54) is 10.5 Å². The van der Waals surface area contributed by atoms with Gasteiger partial charge in [-0.1, -0.05) is 55.8 Å². The molecule has 1 fully saturated rings. The Bertz CT molecular complexity index is 1420. The van der Waals surface area contributed by atoms with Crippen molar-refractivity contribution in [2.45, 2.75) is 61.7 Å². The predicted molar refractivity (Wildman–Crippen MR) is 142 cm³/mol. The van der Waals surface area contributed by atoms with Crippen molar-refractivity contribution in [1.82, 2.24) is 13.9 Å². The van der Waals surface area contributed by atoms with E-state index in [1.54, 1.807) is 59.2 Å². The Kier molecular flexibility index (Phi) is 8.75. The van der Waals surface area contributed by atoms with Gasteiger partial charge in [-0.25, -0.2) is 21.8 Å². The zero-order valence-corrected chi connectivity index (χ0v) is 23.3. The summed E-state index contributed by atoms with van der Waals surface area (Å²) in [6.07, 6.45) is 2.90. The minimum atomic E-state index is -3.86. The molecule has 8 nitrogen and oxygen atoms in total. The van der Waals surface area contributed by atoms with Crippen molar-refractivity contribution in [2.24, 2.45) is 5.92 Å². The predicted octanol–water partition coefficient (Wildman–Crippen LogP) is 4.54. The summed E-state index contributed by atoms with van der Waals surface area (Å²) in [4.78, 5) is 4.47. The first kappa shape index (κ1) is 27.8. The van der Waals surface area contributed by atoms with Gasteiger partial charge in [0.15, 0.2) is 0 Å². The van der Waals surface area contributed by atoms with Crippen molar-refractivity contribution in [3.05, 3.63) is 77.1 Å². The highest BCUT2D eigenvalue weighted by Gasteiger charge is 2.32. The summed E-state index contributed by atoms with van der Waals surface area (Å²) in [7, 11) is -7.69. The van der Waals surface area contributed by atoms with E-state index in [2.05, 4.69) is 4.98 Å². The van der Waals surface area contributed by atoms with E-state index in [-0.39, 0.29) is 40.9 Å². The fraction of sp³-hybridized carbons (Fsp3) is 0.423. The molecule has 1 aliphatic heterocycles. The molecule has 0 unspecified atom stereocenters. The van der Waals surface area contributed by atoms with Crippen molar-refractivity contribution in [1.29, 1.82) is 0 Å². The Labute approximate surface area is 224 Å². The first-order valence-corrected chi connectivity index (χ1v) is 15.7. The molecular weight excluding hydrogens is 534 g/mol. The molecule has 1 saturated heterocycles. The van der Waals surface area contributed by atoms with Crippen molar-refractivity contribution >= 4 is 31.5 Å². The number of benzene rings is 2. The lowest BCUT2D eigenvalue weighted by Crippen LogP contribution is -2.37. The highest BCUT2D eigenvalue weighted by Crippen LogP contribution is 2.25. The fourth-order valence-corrected chi connectivity index (χ4v) is 7.59. The van der Waals surface area contributed by atoms with Crippen molar-refractivity contribution in [3.8, 4) is 0 Å². The van der Waals surface area contributed by atoms with Gasteiger partial charge in [0.2, 0.25) is 25.0 Å². The van der Waals surface area contributed by atoms with Crippen molar-refractivity contribution in [3.63, 3.8) is 0 Å². The molecule has 0 spiro atoms. The number of sulfonamides is 1. The molecule has 0 radical (unpaired) electrons. The quantitative estimate of drug-likeness (QED) is 0.338. The fourth-order valence-electron chi connectivity index (χ4n) is 4.42. The zero-order chi connectivity index (χ0) is 26.6. The first-order chi connectivity index (χ1) is 17.6. The number of hydrogen-bond acceptors (Lipinski definition) is 6. The Hall–Kier alpha value is -2.24. The second-order valence-electron chi connectivity index (χ2n) is 9.67. The topological polar surface area (TPSA) is 98.6 Å². The molecule has 0 saturated carbocycles. The molecule has 1 aliphatic rings. The monoisotopic (exact) mass is 565 g/mol. The lowest BCUT2D eigenvalue weighted by molar-refractivity contribution is 0.0921. The van der Waals surface area contributed by atoms with Gasteiger partial charge in [0.25, 0.3) is 0 Å². The molecule has 0 amide bonds. The van der Waals surface area contributed by atoms with Gasteiger partial charge in [0.05, 0.1) is 35.2 Å². The van der Waals surface area contributed by atoms with Crippen LogP contribution in [0.5, 0.6) is 0 Å². The van der Waals surface area contributed by atoms with Crippen LogP contribution < -0.4 is 0 Å². The maximum Gasteiger partial charge on any atom is 0.243 e. The summed E-state index contributed by atoms with van der Waals surface area (Å²) in [6, 6.07) is 15.0. The van der Waals surface area contributed by atoms with E-state index in [0.717, 1.165) is 12.8 Å². The van der Waals surface area contributed by atoms with Gasteiger partial charge in [-0.2, -0.15) is 4.31 Å². The van der Waals surface area contributed by atoms with Crippen molar-refractivity contribution in [2.75, 3.05) is 13.2 Å². The number of halogens is 1. The van der Waals surface area contributed by atoms with E-state index in [9.17, 15) is 16.8 Å². The highest BCUT2D eigenvalue weighted by molar-refractivity contribution is 7.90. The number of ether oxygens (including phenoxy) is 1. The summed E-state index contributed by atoms with van der Waals surface area (Å²) >= 11 is 6.06. The maximum absolute atomic E-state index is 13.6. The van der Waals surface area contributed by atoms with Crippen LogP contribution in [0.3, 0.4) is 0 Å². The Morgan fingerprint density at radius 3 is 2.51 bits per heavy atom. The molecule has 0 N–H and O–H groups in total. The maximum atomic E-state index is 13.6. The molecule has 0 aliphatic carbocycles. The Morgan fingerprint density at radius 2 is 1.86 bits per heavy atom. The van der Waals surface area contributed by atoms with Gasteiger partial charge in [-0.15, -0.1) is 0 Å². The third-order valence-corrected chi connectivity index (χ3v) is 9.78. The number of aromatic nitrogens is 2. The SMILES string of the molecule is CC(C)Cn1c(CN(C[C@@H]2CCCO2)S(=O)(=O)c2ccccc2)cnc1S(=O)(=O)Cc1cccc(Cl)c1. The smallest absolute Gasteiger partial charge is 0.243 e. The van der Waals surface area contributed by atoms with Crippen LogP contribution in [-0.4, -0.2) is 49.9 Å². The van der Waals surface area contributed by atoms with E-state index in [0.29, 0.717) is 29.4 Å². The lowest BCUT2D eigenvalue weighted by Gasteiger charge is -2.26. The Morgan fingerprint density at radius 1 is 1.11 bits per heavy atom.